The Hall–Kier alpha value is -1.12. The first kappa shape index (κ1) is 11.9. The molecule has 0 saturated carbocycles. The highest BCUT2D eigenvalue weighted by atomic mass is 35.5. The van der Waals surface area contributed by atoms with Crippen molar-refractivity contribution in [1.29, 1.82) is 0 Å². The number of anilines is 1. The quantitative estimate of drug-likeness (QED) is 0.836. The molecule has 1 heterocycles. The minimum absolute atomic E-state index is 0.352. The summed E-state index contributed by atoms with van der Waals surface area (Å²) in [6, 6.07) is 14.9. The molecule has 1 atom stereocenters. The molecular formula is C15H14ClNS. The Morgan fingerprint density at radius 2 is 2.00 bits per heavy atom. The van der Waals surface area contributed by atoms with Gasteiger partial charge in [-0.1, -0.05) is 41.9 Å². The van der Waals surface area contributed by atoms with Crippen LogP contribution in [0.4, 0.5) is 5.69 Å². The molecule has 18 heavy (non-hydrogen) atoms. The highest BCUT2D eigenvalue weighted by Gasteiger charge is 2.23. The number of fused-ring (bicyclic) bond motifs is 1. The Morgan fingerprint density at radius 1 is 1.17 bits per heavy atom. The fourth-order valence-corrected chi connectivity index (χ4v) is 3.71. The zero-order valence-electron chi connectivity index (χ0n) is 10.1. The molecular weight excluding hydrogens is 262 g/mol. The Labute approximate surface area is 117 Å². The predicted octanol–water partition coefficient (Wildman–Crippen LogP) is 4.91. The van der Waals surface area contributed by atoms with Gasteiger partial charge in [-0.15, -0.1) is 11.8 Å². The van der Waals surface area contributed by atoms with Crippen molar-refractivity contribution >= 4 is 29.1 Å². The van der Waals surface area contributed by atoms with Crippen LogP contribution in [0.1, 0.15) is 17.2 Å². The molecule has 0 aromatic heterocycles. The van der Waals surface area contributed by atoms with E-state index in [1.165, 1.54) is 16.0 Å². The van der Waals surface area contributed by atoms with Gasteiger partial charge in [0.25, 0.3) is 0 Å². The van der Waals surface area contributed by atoms with Gasteiger partial charge in [-0.05, 0) is 30.2 Å². The van der Waals surface area contributed by atoms with Crippen LogP contribution >= 0.6 is 23.4 Å². The van der Waals surface area contributed by atoms with E-state index in [4.69, 9.17) is 11.6 Å². The van der Waals surface area contributed by atoms with Gasteiger partial charge in [0, 0.05) is 10.6 Å². The molecule has 0 amide bonds. The zero-order chi connectivity index (χ0) is 12.5. The van der Waals surface area contributed by atoms with Crippen LogP contribution in [0.15, 0.2) is 47.4 Å². The molecule has 0 bridgehead atoms. The van der Waals surface area contributed by atoms with Crippen molar-refractivity contribution < 1.29 is 0 Å². The summed E-state index contributed by atoms with van der Waals surface area (Å²) < 4.78 is 0. The van der Waals surface area contributed by atoms with Gasteiger partial charge in [-0.2, -0.15) is 0 Å². The molecule has 92 valence electrons. The van der Waals surface area contributed by atoms with Crippen molar-refractivity contribution in [2.24, 2.45) is 0 Å². The molecule has 1 aliphatic rings. The molecule has 1 aliphatic heterocycles. The summed E-state index contributed by atoms with van der Waals surface area (Å²) in [6.45, 7) is 2.09. The number of aryl methyl sites for hydroxylation is 1. The van der Waals surface area contributed by atoms with Gasteiger partial charge in [-0.3, -0.25) is 0 Å². The standard InChI is InChI=1S/C15H14ClNS/c1-10-5-4-7-12(16)15(10)17-13-9-18-14-8-3-2-6-11(13)14/h2-8,13,17H,9H2,1H3. The fraction of sp³-hybridized carbons (Fsp3) is 0.200. The molecule has 0 radical (unpaired) electrons. The summed E-state index contributed by atoms with van der Waals surface area (Å²) in [5, 5.41) is 4.38. The van der Waals surface area contributed by atoms with E-state index < -0.39 is 0 Å². The van der Waals surface area contributed by atoms with Crippen LogP contribution in [0, 0.1) is 6.92 Å². The number of thioether (sulfide) groups is 1. The first-order valence-corrected chi connectivity index (χ1v) is 7.35. The number of benzene rings is 2. The number of hydrogen-bond acceptors (Lipinski definition) is 2. The summed E-state index contributed by atoms with van der Waals surface area (Å²) in [6.07, 6.45) is 0. The molecule has 2 aromatic carbocycles. The van der Waals surface area contributed by atoms with Crippen LogP contribution < -0.4 is 5.32 Å². The van der Waals surface area contributed by atoms with Crippen molar-refractivity contribution in [3.63, 3.8) is 0 Å². The van der Waals surface area contributed by atoms with E-state index in [9.17, 15) is 0 Å². The van der Waals surface area contributed by atoms with Crippen molar-refractivity contribution in [3.8, 4) is 0 Å². The predicted molar refractivity (Wildman–Crippen MR) is 79.7 cm³/mol. The maximum Gasteiger partial charge on any atom is 0.0640 e. The molecule has 2 aromatic rings. The van der Waals surface area contributed by atoms with Crippen LogP contribution in [0.25, 0.3) is 0 Å². The third-order valence-electron chi connectivity index (χ3n) is 3.24. The summed E-state index contributed by atoms with van der Waals surface area (Å²) in [7, 11) is 0. The monoisotopic (exact) mass is 275 g/mol. The SMILES string of the molecule is Cc1cccc(Cl)c1NC1CSc2ccccc21. The average molecular weight is 276 g/mol. The number of para-hydroxylation sites is 1. The van der Waals surface area contributed by atoms with Crippen molar-refractivity contribution in [3.05, 3.63) is 58.6 Å². The smallest absolute Gasteiger partial charge is 0.0640 e. The van der Waals surface area contributed by atoms with Gasteiger partial charge >= 0.3 is 0 Å². The molecule has 3 heteroatoms. The first-order valence-electron chi connectivity index (χ1n) is 5.99. The third kappa shape index (κ3) is 2.11. The molecule has 0 fully saturated rings. The summed E-state index contributed by atoms with van der Waals surface area (Å²) in [4.78, 5) is 1.37. The molecule has 1 nitrogen and oxygen atoms in total. The molecule has 3 rings (SSSR count). The highest BCUT2D eigenvalue weighted by Crippen LogP contribution is 2.41. The van der Waals surface area contributed by atoms with E-state index in [-0.39, 0.29) is 0 Å². The van der Waals surface area contributed by atoms with Crippen molar-refractivity contribution in [2.75, 3.05) is 11.1 Å². The summed E-state index contributed by atoms with van der Waals surface area (Å²) in [5.41, 5.74) is 3.63. The normalized spacial score (nSPS) is 17.6. The van der Waals surface area contributed by atoms with Gasteiger partial charge in [0.2, 0.25) is 0 Å². The van der Waals surface area contributed by atoms with Crippen molar-refractivity contribution in [1.82, 2.24) is 0 Å². The van der Waals surface area contributed by atoms with E-state index in [2.05, 4.69) is 42.6 Å². The topological polar surface area (TPSA) is 12.0 Å². The van der Waals surface area contributed by atoms with Crippen LogP contribution in [0.3, 0.4) is 0 Å². The van der Waals surface area contributed by atoms with Gasteiger partial charge in [0.05, 0.1) is 16.8 Å². The molecule has 1 unspecified atom stereocenters. The van der Waals surface area contributed by atoms with Gasteiger partial charge in [0.1, 0.15) is 0 Å². The Balaban J connectivity index is 1.91. The molecule has 0 saturated heterocycles. The summed E-state index contributed by atoms with van der Waals surface area (Å²) in [5.74, 6) is 1.06. The lowest BCUT2D eigenvalue weighted by Crippen LogP contribution is -2.11. The third-order valence-corrected chi connectivity index (χ3v) is 4.74. The minimum Gasteiger partial charge on any atom is -0.376 e. The van der Waals surface area contributed by atoms with Gasteiger partial charge < -0.3 is 5.32 Å². The van der Waals surface area contributed by atoms with Crippen LogP contribution in [0.2, 0.25) is 5.02 Å². The lowest BCUT2D eigenvalue weighted by atomic mass is 10.1. The van der Waals surface area contributed by atoms with E-state index >= 15 is 0 Å². The Morgan fingerprint density at radius 3 is 2.83 bits per heavy atom. The average Bonchev–Trinajstić information content (AvgIpc) is 2.77. The van der Waals surface area contributed by atoms with Crippen LogP contribution in [-0.4, -0.2) is 5.75 Å². The number of rotatable bonds is 2. The lowest BCUT2D eigenvalue weighted by molar-refractivity contribution is 0.898. The van der Waals surface area contributed by atoms with E-state index in [0.717, 1.165) is 16.5 Å². The first-order chi connectivity index (χ1) is 8.75. The lowest BCUT2D eigenvalue weighted by Gasteiger charge is -2.17. The minimum atomic E-state index is 0.352. The second-order valence-electron chi connectivity index (χ2n) is 4.48. The second-order valence-corrected chi connectivity index (χ2v) is 5.95. The number of hydrogen-bond donors (Lipinski definition) is 1. The van der Waals surface area contributed by atoms with E-state index in [1.54, 1.807) is 0 Å². The van der Waals surface area contributed by atoms with Crippen LogP contribution in [0.5, 0.6) is 0 Å². The van der Waals surface area contributed by atoms with E-state index in [1.807, 2.05) is 23.9 Å². The Kier molecular flexibility index (Phi) is 3.23. The second kappa shape index (κ2) is 4.87. The van der Waals surface area contributed by atoms with Crippen molar-refractivity contribution in [2.45, 2.75) is 17.9 Å². The summed E-state index contributed by atoms with van der Waals surface area (Å²) >= 11 is 8.17. The largest absolute Gasteiger partial charge is 0.376 e. The van der Waals surface area contributed by atoms with Gasteiger partial charge in [-0.25, -0.2) is 0 Å². The van der Waals surface area contributed by atoms with E-state index in [0.29, 0.717) is 6.04 Å². The number of nitrogens with one attached hydrogen (secondary N) is 1. The maximum absolute atomic E-state index is 6.27. The molecule has 1 N–H and O–H groups in total. The molecule has 0 aliphatic carbocycles. The zero-order valence-corrected chi connectivity index (χ0v) is 11.7. The molecule has 0 spiro atoms. The van der Waals surface area contributed by atoms with Crippen LogP contribution in [-0.2, 0) is 0 Å². The fourth-order valence-electron chi connectivity index (χ4n) is 2.27. The maximum atomic E-state index is 6.27. The van der Waals surface area contributed by atoms with Gasteiger partial charge in [0.15, 0.2) is 0 Å². The Bertz CT molecular complexity index is 562. The highest BCUT2D eigenvalue weighted by molar-refractivity contribution is 7.99. The number of halogens is 1.